The van der Waals surface area contributed by atoms with Crippen LogP contribution in [0.1, 0.15) is 38.7 Å². The van der Waals surface area contributed by atoms with Crippen LogP contribution >= 0.6 is 0 Å². The first-order valence-corrected chi connectivity index (χ1v) is 6.35. The van der Waals surface area contributed by atoms with Crippen molar-refractivity contribution in [3.05, 3.63) is 29.6 Å². The quantitative estimate of drug-likeness (QED) is 0.855. The largest absolute Gasteiger partial charge is 0.367 e. The molecule has 0 heterocycles. The highest BCUT2D eigenvalue weighted by molar-refractivity contribution is 5.51. The van der Waals surface area contributed by atoms with E-state index in [9.17, 15) is 9.65 Å². The normalized spacial score (nSPS) is 25.7. The fraction of sp³-hybridized carbons (Fsp3) is 0.533. The van der Waals surface area contributed by atoms with Gasteiger partial charge in [-0.05, 0) is 49.9 Å². The van der Waals surface area contributed by atoms with Crippen LogP contribution in [-0.2, 0) is 0 Å². The third-order valence-electron chi connectivity index (χ3n) is 4.10. The molecule has 1 atom stereocenters. The number of anilines is 1. The molecule has 1 aliphatic carbocycles. The van der Waals surface area contributed by atoms with Gasteiger partial charge in [0.15, 0.2) is 0 Å². The number of rotatable bonds is 2. The summed E-state index contributed by atoms with van der Waals surface area (Å²) in [5.41, 5.74) is 0.875. The van der Waals surface area contributed by atoms with E-state index in [1.807, 2.05) is 13.0 Å². The van der Waals surface area contributed by atoms with Gasteiger partial charge in [-0.2, -0.15) is 5.26 Å². The third kappa shape index (κ3) is 2.08. The fourth-order valence-corrected chi connectivity index (χ4v) is 2.87. The number of nitrogens with zero attached hydrogens (tertiary/aromatic N) is 1. The molecule has 1 N–H and O–H groups in total. The molecule has 0 saturated heterocycles. The Hall–Kier alpha value is -1.56. The van der Waals surface area contributed by atoms with Crippen molar-refractivity contribution in [3.8, 4) is 6.07 Å². The molecule has 1 fully saturated rings. The monoisotopic (exact) mass is 246 g/mol. The number of nitrogens with one attached hydrogen (secondary N) is 1. The van der Waals surface area contributed by atoms with E-state index in [0.717, 1.165) is 24.8 Å². The second-order valence-corrected chi connectivity index (χ2v) is 5.90. The van der Waals surface area contributed by atoms with Crippen LogP contribution in [0.4, 0.5) is 10.1 Å². The minimum absolute atomic E-state index is 0.0953. The fourth-order valence-electron chi connectivity index (χ4n) is 2.87. The Bertz CT molecular complexity index is 481. The van der Waals surface area contributed by atoms with Crippen LogP contribution < -0.4 is 5.32 Å². The molecule has 3 heteroatoms. The highest BCUT2D eigenvalue weighted by atomic mass is 19.1. The van der Waals surface area contributed by atoms with E-state index < -0.39 is 5.54 Å². The molecule has 1 aromatic rings. The van der Waals surface area contributed by atoms with E-state index in [1.165, 1.54) is 12.1 Å². The first-order valence-electron chi connectivity index (χ1n) is 6.35. The first-order chi connectivity index (χ1) is 8.38. The van der Waals surface area contributed by atoms with Crippen LogP contribution in [0.25, 0.3) is 0 Å². The predicted octanol–water partition coefficient (Wildman–Crippen LogP) is 4.02. The van der Waals surface area contributed by atoms with Crippen LogP contribution in [-0.4, -0.2) is 5.54 Å². The Morgan fingerprint density at radius 1 is 1.28 bits per heavy atom. The molecule has 18 heavy (non-hydrogen) atoms. The zero-order chi connectivity index (χ0) is 13.4. The van der Waals surface area contributed by atoms with Gasteiger partial charge in [-0.15, -0.1) is 0 Å². The molecule has 0 aromatic heterocycles. The summed E-state index contributed by atoms with van der Waals surface area (Å²) in [7, 11) is 0. The molecule has 0 radical (unpaired) electrons. The summed E-state index contributed by atoms with van der Waals surface area (Å²) < 4.78 is 13.4. The molecule has 0 spiro atoms. The second kappa shape index (κ2) is 4.28. The Morgan fingerprint density at radius 2 is 2.00 bits per heavy atom. The minimum atomic E-state index is -0.590. The van der Waals surface area contributed by atoms with Crippen molar-refractivity contribution in [3.63, 3.8) is 0 Å². The lowest BCUT2D eigenvalue weighted by Crippen LogP contribution is -2.46. The van der Waals surface area contributed by atoms with Crippen LogP contribution in [0.5, 0.6) is 0 Å². The zero-order valence-electron chi connectivity index (χ0n) is 11.2. The minimum Gasteiger partial charge on any atom is -0.367 e. The number of benzene rings is 1. The van der Waals surface area contributed by atoms with Gasteiger partial charge in [0.05, 0.1) is 6.07 Å². The highest BCUT2D eigenvalue weighted by Gasteiger charge is 2.49. The molecule has 2 nitrogen and oxygen atoms in total. The van der Waals surface area contributed by atoms with E-state index in [4.69, 9.17) is 0 Å². The molecule has 1 aromatic carbocycles. The van der Waals surface area contributed by atoms with Gasteiger partial charge in [0.2, 0.25) is 0 Å². The van der Waals surface area contributed by atoms with Gasteiger partial charge in [-0.1, -0.05) is 13.8 Å². The average molecular weight is 246 g/mol. The summed E-state index contributed by atoms with van der Waals surface area (Å²) in [6.45, 7) is 6.05. The molecule has 0 bridgehead atoms. The molecule has 1 aliphatic rings. The lowest BCUT2D eigenvalue weighted by Gasteiger charge is -2.37. The van der Waals surface area contributed by atoms with Crippen LogP contribution in [0.2, 0.25) is 0 Å². The molecule has 0 amide bonds. The number of hydrogen-bond acceptors (Lipinski definition) is 2. The molecule has 1 unspecified atom stereocenters. The van der Waals surface area contributed by atoms with Crippen LogP contribution in [0.3, 0.4) is 0 Å². The van der Waals surface area contributed by atoms with Crippen molar-refractivity contribution in [1.29, 1.82) is 5.26 Å². The van der Waals surface area contributed by atoms with E-state index in [-0.39, 0.29) is 11.2 Å². The Labute approximate surface area is 108 Å². The Morgan fingerprint density at radius 3 is 2.50 bits per heavy atom. The van der Waals surface area contributed by atoms with Crippen molar-refractivity contribution in [2.75, 3.05) is 5.32 Å². The molecular formula is C15H19FN2. The topological polar surface area (TPSA) is 35.8 Å². The molecular weight excluding hydrogens is 227 g/mol. The van der Waals surface area contributed by atoms with Crippen molar-refractivity contribution in [2.45, 2.75) is 45.6 Å². The van der Waals surface area contributed by atoms with E-state index >= 15 is 0 Å². The van der Waals surface area contributed by atoms with Crippen molar-refractivity contribution in [2.24, 2.45) is 5.41 Å². The molecule has 96 valence electrons. The van der Waals surface area contributed by atoms with Gasteiger partial charge in [-0.3, -0.25) is 0 Å². The summed E-state index contributed by atoms with van der Waals surface area (Å²) in [6, 6.07) is 7.26. The van der Waals surface area contributed by atoms with Gasteiger partial charge >= 0.3 is 0 Å². The lowest BCUT2D eigenvalue weighted by atomic mass is 9.75. The van der Waals surface area contributed by atoms with Crippen LogP contribution in [0.15, 0.2) is 18.2 Å². The summed E-state index contributed by atoms with van der Waals surface area (Å²) in [4.78, 5) is 0. The standard InChI is InChI=1S/C15H19FN2/c1-11-7-12(16)9-13(8-11)18-15(10-17)6-4-5-14(15,2)3/h7-9,18H,4-6H2,1-3H3. The maximum absolute atomic E-state index is 13.4. The summed E-state index contributed by atoms with van der Waals surface area (Å²) in [5.74, 6) is -0.263. The van der Waals surface area contributed by atoms with Gasteiger partial charge in [0.1, 0.15) is 11.4 Å². The number of hydrogen-bond donors (Lipinski definition) is 1. The third-order valence-corrected chi connectivity index (χ3v) is 4.10. The lowest BCUT2D eigenvalue weighted by molar-refractivity contribution is 0.290. The van der Waals surface area contributed by atoms with Gasteiger partial charge in [-0.25, -0.2) is 4.39 Å². The SMILES string of the molecule is Cc1cc(F)cc(NC2(C#N)CCCC2(C)C)c1. The number of aryl methyl sites for hydroxylation is 1. The summed E-state index contributed by atoms with van der Waals surface area (Å²) in [6.07, 6.45) is 2.86. The maximum Gasteiger partial charge on any atom is 0.130 e. The van der Waals surface area contributed by atoms with Crippen LogP contribution in [0, 0.1) is 29.5 Å². The smallest absolute Gasteiger partial charge is 0.130 e. The first kappa shape index (κ1) is 12.9. The predicted molar refractivity (Wildman–Crippen MR) is 70.7 cm³/mol. The van der Waals surface area contributed by atoms with Gasteiger partial charge in [0.25, 0.3) is 0 Å². The molecule has 2 rings (SSSR count). The summed E-state index contributed by atoms with van der Waals surface area (Å²) in [5, 5.41) is 12.8. The second-order valence-electron chi connectivity index (χ2n) is 5.90. The summed E-state index contributed by atoms with van der Waals surface area (Å²) >= 11 is 0. The zero-order valence-corrected chi connectivity index (χ0v) is 11.2. The molecule has 1 saturated carbocycles. The number of halogens is 1. The number of nitriles is 1. The van der Waals surface area contributed by atoms with E-state index in [2.05, 4.69) is 25.2 Å². The molecule has 0 aliphatic heterocycles. The van der Waals surface area contributed by atoms with Crippen molar-refractivity contribution < 1.29 is 4.39 Å². The average Bonchev–Trinajstić information content (AvgIpc) is 2.53. The van der Waals surface area contributed by atoms with Gasteiger partial charge in [0, 0.05) is 11.1 Å². The maximum atomic E-state index is 13.4. The Kier molecular flexibility index (Phi) is 3.06. The van der Waals surface area contributed by atoms with Crippen molar-refractivity contribution in [1.82, 2.24) is 0 Å². The van der Waals surface area contributed by atoms with E-state index in [1.54, 1.807) is 0 Å². The Balaban J connectivity index is 2.34. The van der Waals surface area contributed by atoms with E-state index in [0.29, 0.717) is 5.69 Å². The van der Waals surface area contributed by atoms with Gasteiger partial charge < -0.3 is 5.32 Å². The van der Waals surface area contributed by atoms with Crippen molar-refractivity contribution >= 4 is 5.69 Å². The highest BCUT2D eigenvalue weighted by Crippen LogP contribution is 2.47.